The van der Waals surface area contributed by atoms with E-state index in [1.165, 1.54) is 0 Å². The number of carbonyl (C=O) groups is 3. The zero-order valence-electron chi connectivity index (χ0n) is 25.3. The number of carbonyl (C=O) groups excluding carboxylic acids is 1. The van der Waals surface area contributed by atoms with E-state index in [4.69, 9.17) is 9.94 Å². The van der Waals surface area contributed by atoms with Crippen molar-refractivity contribution in [3.05, 3.63) is 30.3 Å². The van der Waals surface area contributed by atoms with Crippen molar-refractivity contribution < 1.29 is 39.1 Å². The molecule has 15 heteroatoms. The van der Waals surface area contributed by atoms with Gasteiger partial charge in [0.2, 0.25) is 12.2 Å². The number of guanidine groups is 1. The zero-order valence-corrected chi connectivity index (χ0v) is 26.2. The van der Waals surface area contributed by atoms with Gasteiger partial charge in [-0.3, -0.25) is 4.79 Å². The quantitative estimate of drug-likeness (QED) is 0.0494. The van der Waals surface area contributed by atoms with Crippen molar-refractivity contribution in [2.24, 2.45) is 4.99 Å². The second-order valence-corrected chi connectivity index (χ2v) is 11.1. The molecule has 14 nitrogen and oxygen atoms in total. The number of aliphatic carboxylic acids is 2. The number of carboxylic acids is 2. The molecule has 2 unspecified atom stereocenters. The number of rotatable bonds is 19. The van der Waals surface area contributed by atoms with Crippen molar-refractivity contribution in [2.45, 2.75) is 51.0 Å². The average Bonchev–Trinajstić information content (AvgIpc) is 2.98. The molecular formula is C28H44N6O8S. The Balaban J connectivity index is 3.39. The maximum atomic E-state index is 13.1. The van der Waals surface area contributed by atoms with Crippen LogP contribution in [0.25, 0.3) is 0 Å². The van der Waals surface area contributed by atoms with Gasteiger partial charge in [-0.15, -0.1) is 0 Å². The van der Waals surface area contributed by atoms with E-state index >= 15 is 0 Å². The molecule has 0 radical (unpaired) electrons. The van der Waals surface area contributed by atoms with Crippen LogP contribution in [0.15, 0.2) is 40.2 Å². The first-order valence-corrected chi connectivity index (χ1v) is 15.5. The number of likely N-dealkylation sites (N-methyl/N-ethyl adjacent to an activating group) is 2. The molecule has 0 fully saturated rings. The van der Waals surface area contributed by atoms with Gasteiger partial charge in [-0.2, -0.15) is 5.26 Å². The molecule has 1 aromatic rings. The van der Waals surface area contributed by atoms with Crippen LogP contribution in [-0.4, -0.2) is 134 Å². The molecule has 0 saturated heterocycles. The van der Waals surface area contributed by atoms with Gasteiger partial charge in [0.25, 0.3) is 0 Å². The monoisotopic (exact) mass is 624 g/mol. The van der Waals surface area contributed by atoms with Crippen LogP contribution in [0.3, 0.4) is 0 Å². The molecular weight excluding hydrogens is 580 g/mol. The van der Waals surface area contributed by atoms with E-state index < -0.39 is 47.5 Å². The van der Waals surface area contributed by atoms with Gasteiger partial charge in [0, 0.05) is 19.6 Å². The van der Waals surface area contributed by atoms with E-state index in [9.17, 15) is 34.4 Å². The predicted molar refractivity (Wildman–Crippen MR) is 160 cm³/mol. The number of nitriles is 1. The first-order valence-electron chi connectivity index (χ1n) is 14.2. The SMILES string of the molecule is CCN(CC)CCN=C(N(CCN(CC)CC)CC[S+]([O-])c1ccccc1)N(C#N)OC(=O)CC(O)(CC(=O)O)C(=O)O. The average molecular weight is 625 g/mol. The lowest BCUT2D eigenvalue weighted by atomic mass is 9.96. The van der Waals surface area contributed by atoms with Gasteiger partial charge in [-0.05, 0) is 49.5 Å². The number of hydrogen-bond donors (Lipinski definition) is 3. The third-order valence-electron chi connectivity index (χ3n) is 6.72. The Morgan fingerprint density at radius 3 is 2.05 bits per heavy atom. The number of aliphatic hydroxyl groups is 1. The summed E-state index contributed by atoms with van der Waals surface area (Å²) in [4.78, 5) is 51.7. The molecule has 0 heterocycles. The summed E-state index contributed by atoms with van der Waals surface area (Å²) in [6.45, 7) is 12.8. The Kier molecular flexibility index (Phi) is 17.2. The minimum Gasteiger partial charge on any atom is -0.611 e. The third kappa shape index (κ3) is 13.2. The summed E-state index contributed by atoms with van der Waals surface area (Å²) in [7, 11) is 0. The van der Waals surface area contributed by atoms with Gasteiger partial charge in [-0.25, -0.2) is 14.6 Å². The molecule has 0 aliphatic heterocycles. The Hall–Kier alpha value is -3.42. The molecule has 0 saturated carbocycles. The lowest BCUT2D eigenvalue weighted by Crippen LogP contribution is -2.49. The van der Waals surface area contributed by atoms with Crippen LogP contribution in [-0.2, 0) is 30.4 Å². The second kappa shape index (κ2) is 19.7. The number of hydroxylamine groups is 2. The van der Waals surface area contributed by atoms with Crippen molar-refractivity contribution >= 4 is 35.0 Å². The highest BCUT2D eigenvalue weighted by molar-refractivity contribution is 7.91. The molecule has 0 aliphatic carbocycles. The topological polar surface area (TPSA) is 193 Å². The number of hydrogen-bond acceptors (Lipinski definition) is 10. The molecule has 0 aliphatic rings. The van der Waals surface area contributed by atoms with Crippen LogP contribution in [0.4, 0.5) is 0 Å². The normalized spacial score (nSPS) is 13.7. The molecule has 1 rings (SSSR count). The number of nitrogens with zero attached hydrogens (tertiary/aromatic N) is 6. The van der Waals surface area contributed by atoms with Crippen LogP contribution in [0.2, 0.25) is 0 Å². The van der Waals surface area contributed by atoms with E-state index in [1.807, 2.05) is 33.8 Å². The van der Waals surface area contributed by atoms with Gasteiger partial charge in [0.05, 0.1) is 25.9 Å². The summed E-state index contributed by atoms with van der Waals surface area (Å²) in [6, 6.07) is 8.88. The molecule has 0 aromatic heterocycles. The van der Waals surface area contributed by atoms with E-state index in [-0.39, 0.29) is 24.8 Å². The van der Waals surface area contributed by atoms with E-state index in [1.54, 1.807) is 35.4 Å². The van der Waals surface area contributed by atoms with E-state index in [0.717, 1.165) is 26.2 Å². The van der Waals surface area contributed by atoms with Gasteiger partial charge in [-0.1, -0.05) is 51.0 Å². The zero-order chi connectivity index (χ0) is 32.4. The smallest absolute Gasteiger partial charge is 0.337 e. The second-order valence-electron chi connectivity index (χ2n) is 9.53. The molecule has 1 aromatic carbocycles. The van der Waals surface area contributed by atoms with Crippen LogP contribution in [0.1, 0.15) is 40.5 Å². The van der Waals surface area contributed by atoms with Crippen molar-refractivity contribution in [3.8, 4) is 6.19 Å². The third-order valence-corrected chi connectivity index (χ3v) is 8.08. The Labute approximate surface area is 256 Å². The predicted octanol–water partition coefficient (Wildman–Crippen LogP) is 1.06. The van der Waals surface area contributed by atoms with E-state index in [2.05, 4.69) is 14.8 Å². The fraction of sp³-hybridized carbons (Fsp3) is 0.607. The fourth-order valence-corrected chi connectivity index (χ4v) is 5.15. The lowest BCUT2D eigenvalue weighted by Gasteiger charge is -2.31. The highest BCUT2D eigenvalue weighted by atomic mass is 32.2. The molecule has 43 heavy (non-hydrogen) atoms. The standard InChI is InChI=1S/C28H44N6O8S/c1-5-31(6-2)15-14-30-27(34(22-29)42-25(37)21-28(40,26(38)39)20-24(35)36)33(17-16-32(7-3)8-4)18-19-43(41)23-12-10-9-11-13-23/h9-13,40H,5-8,14-21H2,1-4H3,(H,35,36)(H,38,39). The Morgan fingerprint density at radius 2 is 1.53 bits per heavy atom. The van der Waals surface area contributed by atoms with Crippen LogP contribution in [0.5, 0.6) is 0 Å². The maximum absolute atomic E-state index is 13.1. The molecule has 0 amide bonds. The number of aliphatic imine (C=N–C) groups is 1. The first kappa shape index (κ1) is 37.6. The summed E-state index contributed by atoms with van der Waals surface area (Å²) in [5.74, 6) is -4.80. The molecule has 2 atom stereocenters. The molecule has 3 N–H and O–H groups in total. The van der Waals surface area contributed by atoms with Gasteiger partial charge < -0.3 is 39.4 Å². The van der Waals surface area contributed by atoms with Gasteiger partial charge in [0.1, 0.15) is 5.75 Å². The lowest BCUT2D eigenvalue weighted by molar-refractivity contribution is -0.181. The van der Waals surface area contributed by atoms with Crippen molar-refractivity contribution in [2.75, 3.05) is 64.7 Å². The highest BCUT2D eigenvalue weighted by Gasteiger charge is 2.42. The minimum atomic E-state index is -2.95. The van der Waals surface area contributed by atoms with Crippen LogP contribution < -0.4 is 0 Å². The number of carboxylic acid groups (broad SMARTS) is 2. The molecule has 0 spiro atoms. The van der Waals surface area contributed by atoms with Crippen LogP contribution in [0, 0.1) is 11.5 Å². The summed E-state index contributed by atoms with van der Waals surface area (Å²) >= 11 is -1.39. The van der Waals surface area contributed by atoms with E-state index in [0.29, 0.717) is 29.6 Å². The molecule has 240 valence electrons. The number of benzene rings is 1. The van der Waals surface area contributed by atoms with Crippen molar-refractivity contribution in [3.63, 3.8) is 0 Å². The van der Waals surface area contributed by atoms with Crippen molar-refractivity contribution in [1.82, 2.24) is 19.8 Å². The first-order chi connectivity index (χ1) is 20.4. The fourth-order valence-electron chi connectivity index (χ4n) is 4.06. The van der Waals surface area contributed by atoms with Crippen LogP contribution >= 0.6 is 0 Å². The summed E-state index contributed by atoms with van der Waals surface area (Å²) in [6.07, 6.45) is -0.739. The Bertz CT molecular complexity index is 1080. The highest BCUT2D eigenvalue weighted by Crippen LogP contribution is 2.18. The minimum absolute atomic E-state index is 0.0580. The summed E-state index contributed by atoms with van der Waals surface area (Å²) in [5, 5.41) is 39.2. The largest absolute Gasteiger partial charge is 0.611 e. The van der Waals surface area contributed by atoms with Gasteiger partial charge >= 0.3 is 17.9 Å². The summed E-state index contributed by atoms with van der Waals surface area (Å²) < 4.78 is 13.1. The molecule has 0 bridgehead atoms. The summed E-state index contributed by atoms with van der Waals surface area (Å²) in [5.41, 5.74) is -2.95. The van der Waals surface area contributed by atoms with Gasteiger partial charge in [0.15, 0.2) is 10.5 Å². The Morgan fingerprint density at radius 1 is 0.953 bits per heavy atom. The van der Waals surface area contributed by atoms with Crippen molar-refractivity contribution in [1.29, 1.82) is 5.26 Å². The maximum Gasteiger partial charge on any atom is 0.337 e.